The van der Waals surface area contributed by atoms with Crippen LogP contribution in [0.25, 0.3) is 5.69 Å². The van der Waals surface area contributed by atoms with Crippen LogP contribution in [0.1, 0.15) is 34.9 Å². The average molecular weight is 594 g/mol. The number of carbonyl (C=O) groups is 1. The highest BCUT2D eigenvalue weighted by Crippen LogP contribution is 2.28. The molecule has 1 saturated heterocycles. The number of aromatic hydroxyl groups is 1. The van der Waals surface area contributed by atoms with E-state index < -0.39 is 32.1 Å². The van der Waals surface area contributed by atoms with E-state index in [1.807, 2.05) is 0 Å². The average Bonchev–Trinajstić information content (AvgIpc) is 3.40. The number of aliphatic hydroxyl groups is 1. The molecule has 0 spiro atoms. The minimum absolute atomic E-state index is 0.0176. The van der Waals surface area contributed by atoms with Crippen molar-refractivity contribution in [3.63, 3.8) is 0 Å². The highest BCUT2D eigenvalue weighted by molar-refractivity contribution is 7.92. The van der Waals surface area contributed by atoms with E-state index in [1.54, 1.807) is 12.1 Å². The number of rotatable bonds is 11. The largest absolute Gasteiger partial charge is 0.506 e. The summed E-state index contributed by atoms with van der Waals surface area (Å²) in [4.78, 5) is 11.2. The minimum atomic E-state index is -3.70. The summed E-state index contributed by atoms with van der Waals surface area (Å²) >= 11 is 0. The number of aliphatic hydroxyl groups excluding tert-OH is 1. The Morgan fingerprint density at radius 2 is 1.77 bits per heavy atom. The highest BCUT2D eigenvalue weighted by atomic mass is 32.2. The fourth-order valence-corrected chi connectivity index (χ4v) is 6.47. The number of hydrogen-bond acceptors (Lipinski definition) is 9. The summed E-state index contributed by atoms with van der Waals surface area (Å²) in [6.07, 6.45) is 3.85. The molecule has 1 aromatic heterocycles. The third-order valence-corrected chi connectivity index (χ3v) is 9.12. The van der Waals surface area contributed by atoms with Gasteiger partial charge in [0.1, 0.15) is 5.75 Å². The molecule has 1 aliphatic rings. The molecule has 0 unspecified atom stereocenters. The monoisotopic (exact) mass is 593 g/mol. The van der Waals surface area contributed by atoms with Gasteiger partial charge in [-0.3, -0.25) is 4.72 Å². The molecular formula is C25H31N5O8S2. The smallest absolute Gasteiger partial charge is 0.338 e. The Hall–Kier alpha value is -3.50. The maximum Gasteiger partial charge on any atom is 0.338 e. The molecule has 3 aromatic rings. The lowest BCUT2D eigenvalue weighted by atomic mass is 9.98. The van der Waals surface area contributed by atoms with Crippen molar-refractivity contribution in [1.82, 2.24) is 19.4 Å². The van der Waals surface area contributed by atoms with Gasteiger partial charge >= 0.3 is 5.97 Å². The second kappa shape index (κ2) is 11.9. The third kappa shape index (κ3) is 7.17. The molecule has 40 heavy (non-hydrogen) atoms. The van der Waals surface area contributed by atoms with Crippen LogP contribution in [0.4, 0.5) is 5.69 Å². The van der Waals surface area contributed by atoms with Crippen molar-refractivity contribution in [1.29, 1.82) is 0 Å². The van der Waals surface area contributed by atoms with Crippen LogP contribution in [0.3, 0.4) is 0 Å². The van der Waals surface area contributed by atoms with Crippen LogP contribution in [0.2, 0.25) is 0 Å². The number of aromatic nitrogens is 2. The van der Waals surface area contributed by atoms with E-state index in [4.69, 9.17) is 5.11 Å². The van der Waals surface area contributed by atoms with Crippen LogP contribution in [-0.2, 0) is 20.0 Å². The van der Waals surface area contributed by atoms with Crippen LogP contribution < -0.4 is 10.0 Å². The van der Waals surface area contributed by atoms with Gasteiger partial charge in [0.2, 0.25) is 20.0 Å². The molecule has 5 N–H and O–H groups in total. The van der Waals surface area contributed by atoms with Gasteiger partial charge in [-0.25, -0.2) is 26.3 Å². The van der Waals surface area contributed by atoms with Gasteiger partial charge in [0.25, 0.3) is 0 Å². The molecule has 15 heteroatoms. The van der Waals surface area contributed by atoms with Crippen molar-refractivity contribution < 1.29 is 36.9 Å². The Balaban J connectivity index is 1.27. The highest BCUT2D eigenvalue weighted by Gasteiger charge is 2.29. The Labute approximate surface area is 232 Å². The molecule has 1 atom stereocenters. The van der Waals surface area contributed by atoms with Crippen molar-refractivity contribution in [2.24, 2.45) is 5.92 Å². The first kappa shape index (κ1) is 29.5. The summed E-state index contributed by atoms with van der Waals surface area (Å²) < 4.78 is 54.3. The zero-order valence-corrected chi connectivity index (χ0v) is 23.3. The van der Waals surface area contributed by atoms with E-state index >= 15 is 0 Å². The second-order valence-electron chi connectivity index (χ2n) is 9.64. The lowest BCUT2D eigenvalue weighted by Crippen LogP contribution is -2.41. The van der Waals surface area contributed by atoms with Crippen molar-refractivity contribution in [3.8, 4) is 11.4 Å². The normalized spacial score (nSPS) is 16.1. The van der Waals surface area contributed by atoms with Crippen LogP contribution in [0.15, 0.2) is 59.8 Å². The zero-order chi connectivity index (χ0) is 29.1. The molecule has 0 saturated carbocycles. The van der Waals surface area contributed by atoms with Crippen molar-refractivity contribution >= 4 is 31.7 Å². The molecular weight excluding hydrogens is 562 g/mol. The lowest BCUT2D eigenvalue weighted by molar-refractivity contribution is 0.0696. The number of phenolic OH excluding ortho intramolecular Hbond substituents is 1. The molecule has 0 amide bonds. The van der Waals surface area contributed by atoms with E-state index in [-0.39, 0.29) is 34.4 Å². The number of sulfonamides is 2. The maximum atomic E-state index is 13.2. The van der Waals surface area contributed by atoms with Gasteiger partial charge in [0.15, 0.2) is 0 Å². The van der Waals surface area contributed by atoms with Gasteiger partial charge in [-0.15, -0.1) is 0 Å². The van der Waals surface area contributed by atoms with Crippen LogP contribution in [-0.4, -0.2) is 84.6 Å². The topological polar surface area (TPSA) is 191 Å². The number of carboxylic acid groups (broad SMARTS) is 1. The molecule has 13 nitrogen and oxygen atoms in total. The van der Waals surface area contributed by atoms with Crippen LogP contribution >= 0.6 is 0 Å². The van der Waals surface area contributed by atoms with Gasteiger partial charge in [0.05, 0.1) is 40.4 Å². The van der Waals surface area contributed by atoms with E-state index in [9.17, 15) is 31.8 Å². The number of aromatic carboxylic acids is 1. The second-order valence-corrected chi connectivity index (χ2v) is 13.3. The third-order valence-electron chi connectivity index (χ3n) is 6.61. The minimum Gasteiger partial charge on any atom is -0.506 e. The molecule has 216 valence electrons. The van der Waals surface area contributed by atoms with E-state index in [2.05, 4.69) is 15.1 Å². The predicted molar refractivity (Wildman–Crippen MR) is 146 cm³/mol. The summed E-state index contributed by atoms with van der Waals surface area (Å²) in [6.45, 7) is 1.45. The van der Waals surface area contributed by atoms with Gasteiger partial charge in [-0.2, -0.15) is 9.40 Å². The molecule has 0 bridgehead atoms. The van der Waals surface area contributed by atoms with E-state index in [0.717, 1.165) is 6.26 Å². The van der Waals surface area contributed by atoms with Gasteiger partial charge < -0.3 is 20.6 Å². The SMILES string of the molecule is CS(=O)(=O)Nc1cc([C@H](O)CNCC2CCN(S(=O)(=O)c3ccc(-n4cc(C(=O)O)cn4)cc3)CC2)ccc1O. The molecule has 0 radical (unpaired) electrons. The Kier molecular flexibility index (Phi) is 8.80. The maximum absolute atomic E-state index is 13.2. The Morgan fingerprint density at radius 3 is 2.38 bits per heavy atom. The number of nitrogens with zero attached hydrogens (tertiary/aromatic N) is 3. The number of nitrogens with one attached hydrogen (secondary N) is 2. The number of piperidine rings is 1. The summed E-state index contributed by atoms with van der Waals surface area (Å²) in [5.74, 6) is -1.15. The zero-order valence-electron chi connectivity index (χ0n) is 21.6. The number of hydrogen-bond donors (Lipinski definition) is 5. The predicted octanol–water partition coefficient (Wildman–Crippen LogP) is 1.37. The standard InChI is InChI=1S/C25H31N5O8S2/c1-39(35,36)28-22-12-18(2-7-23(22)31)24(32)15-26-13-17-8-10-29(11-9-17)40(37,38)21-5-3-20(4-6-21)30-16-19(14-27-30)25(33)34/h2-7,12,14,16-17,24,26,28,31-32H,8-11,13,15H2,1H3,(H,33,34)/t24-/m1/s1. The number of benzene rings is 2. The number of anilines is 1. The Morgan fingerprint density at radius 1 is 1.10 bits per heavy atom. The molecule has 1 fully saturated rings. The number of carboxylic acids is 1. The van der Waals surface area contributed by atoms with Gasteiger partial charge in [0, 0.05) is 25.8 Å². The first-order valence-electron chi connectivity index (χ1n) is 12.4. The van der Waals surface area contributed by atoms with Crippen LogP contribution in [0.5, 0.6) is 5.75 Å². The summed E-state index contributed by atoms with van der Waals surface area (Å²) in [7, 11) is -7.30. The van der Waals surface area contributed by atoms with E-state index in [1.165, 1.54) is 51.7 Å². The molecule has 4 rings (SSSR count). The lowest BCUT2D eigenvalue weighted by Gasteiger charge is -2.31. The fraction of sp³-hybridized carbons (Fsp3) is 0.360. The first-order chi connectivity index (χ1) is 18.8. The van der Waals surface area contributed by atoms with Crippen molar-refractivity contribution in [2.75, 3.05) is 37.2 Å². The molecule has 1 aliphatic heterocycles. The molecule has 2 heterocycles. The van der Waals surface area contributed by atoms with Gasteiger partial charge in [-0.1, -0.05) is 6.07 Å². The number of phenols is 1. The van der Waals surface area contributed by atoms with E-state index in [0.29, 0.717) is 43.7 Å². The Bertz CT molecular complexity index is 1560. The van der Waals surface area contributed by atoms with Crippen LogP contribution in [0, 0.1) is 5.92 Å². The molecule has 2 aromatic carbocycles. The van der Waals surface area contributed by atoms with Crippen molar-refractivity contribution in [2.45, 2.75) is 23.8 Å². The summed E-state index contributed by atoms with van der Waals surface area (Å²) in [6, 6.07) is 10.3. The van der Waals surface area contributed by atoms with Gasteiger partial charge in [-0.05, 0) is 67.3 Å². The fourth-order valence-electron chi connectivity index (χ4n) is 4.43. The molecule has 0 aliphatic carbocycles. The van der Waals surface area contributed by atoms with Crippen molar-refractivity contribution in [3.05, 3.63) is 66.0 Å². The summed E-state index contributed by atoms with van der Waals surface area (Å²) in [5, 5.41) is 36.6. The first-order valence-corrected chi connectivity index (χ1v) is 15.7. The quantitative estimate of drug-likeness (QED) is 0.203. The summed E-state index contributed by atoms with van der Waals surface area (Å²) in [5.41, 5.74) is 0.975.